The highest BCUT2D eigenvalue weighted by atomic mass is 35.5. The minimum absolute atomic E-state index is 0.0425. The van der Waals surface area contributed by atoms with Crippen LogP contribution in [0.25, 0.3) is 0 Å². The minimum Gasteiger partial charge on any atom is -0.273 e. The summed E-state index contributed by atoms with van der Waals surface area (Å²) in [5.74, 6) is -0.657. The number of carbonyl (C=O) groups excluding carboxylic acids is 1. The van der Waals surface area contributed by atoms with Crippen LogP contribution in [0.3, 0.4) is 0 Å². The van der Waals surface area contributed by atoms with Gasteiger partial charge in [-0.15, -0.1) is 0 Å². The number of carbonyl (C=O) groups is 1. The van der Waals surface area contributed by atoms with Crippen LogP contribution in [0.15, 0.2) is 18.2 Å². The molecule has 8 heteroatoms. The average Bonchev–Trinajstić information content (AvgIpc) is 2.26. The topological polar surface area (TPSA) is 38.3 Å². The van der Waals surface area contributed by atoms with Gasteiger partial charge in [-0.1, -0.05) is 29.3 Å². The predicted octanol–water partition coefficient (Wildman–Crippen LogP) is 3.54. The Labute approximate surface area is 117 Å². The fraction of sp³-hybridized carbons (Fsp3) is 0.364. The molecule has 0 heterocycles. The van der Waals surface area contributed by atoms with Crippen LogP contribution < -0.4 is 5.48 Å². The average molecular weight is 316 g/mol. The summed E-state index contributed by atoms with van der Waals surface area (Å²) < 4.78 is 35.2. The SMILES string of the molecule is O=C(CCc1ccc(Cl)cc1Cl)NOCC(F)(F)F. The second-order valence-electron chi connectivity index (χ2n) is 3.66. The predicted molar refractivity (Wildman–Crippen MR) is 64.9 cm³/mol. The van der Waals surface area contributed by atoms with Gasteiger partial charge in [0.1, 0.15) is 0 Å². The number of hydrogen-bond acceptors (Lipinski definition) is 2. The summed E-state index contributed by atoms with van der Waals surface area (Å²) in [6.45, 7) is -1.53. The van der Waals surface area contributed by atoms with E-state index in [9.17, 15) is 18.0 Å². The van der Waals surface area contributed by atoms with Crippen molar-refractivity contribution in [3.05, 3.63) is 33.8 Å². The third-order valence-corrected chi connectivity index (χ3v) is 2.65. The number of nitrogens with one attached hydrogen (secondary N) is 1. The van der Waals surface area contributed by atoms with Crippen LogP contribution in [0, 0.1) is 0 Å². The van der Waals surface area contributed by atoms with Crippen molar-refractivity contribution in [3.8, 4) is 0 Å². The van der Waals surface area contributed by atoms with Crippen LogP contribution in [0.1, 0.15) is 12.0 Å². The lowest BCUT2D eigenvalue weighted by atomic mass is 10.1. The number of halogens is 5. The first-order valence-electron chi connectivity index (χ1n) is 5.19. The highest BCUT2D eigenvalue weighted by Gasteiger charge is 2.28. The molecule has 0 aliphatic carbocycles. The molecule has 1 rings (SSSR count). The minimum atomic E-state index is -4.48. The Morgan fingerprint density at radius 3 is 2.58 bits per heavy atom. The van der Waals surface area contributed by atoms with Gasteiger partial charge >= 0.3 is 6.18 Å². The zero-order valence-corrected chi connectivity index (χ0v) is 11.1. The van der Waals surface area contributed by atoms with Gasteiger partial charge < -0.3 is 0 Å². The molecule has 0 fully saturated rings. The lowest BCUT2D eigenvalue weighted by molar-refractivity contribution is -0.191. The van der Waals surface area contributed by atoms with E-state index in [-0.39, 0.29) is 12.8 Å². The van der Waals surface area contributed by atoms with E-state index < -0.39 is 18.7 Å². The number of hydrogen-bond donors (Lipinski definition) is 1. The highest BCUT2D eigenvalue weighted by molar-refractivity contribution is 6.35. The Kier molecular flexibility index (Phi) is 5.90. The molecule has 3 nitrogen and oxygen atoms in total. The fourth-order valence-corrected chi connectivity index (χ4v) is 1.73. The molecule has 0 radical (unpaired) electrons. The van der Waals surface area contributed by atoms with Crippen LogP contribution in [0.5, 0.6) is 0 Å². The van der Waals surface area contributed by atoms with Crippen molar-refractivity contribution in [1.29, 1.82) is 0 Å². The number of alkyl halides is 3. The zero-order chi connectivity index (χ0) is 14.5. The molecule has 0 aliphatic heterocycles. The fourth-order valence-electron chi connectivity index (χ4n) is 1.22. The summed E-state index contributed by atoms with van der Waals surface area (Å²) in [6.07, 6.45) is -4.25. The largest absolute Gasteiger partial charge is 0.414 e. The quantitative estimate of drug-likeness (QED) is 0.844. The first-order valence-corrected chi connectivity index (χ1v) is 5.95. The molecule has 0 atom stereocenters. The van der Waals surface area contributed by atoms with E-state index in [0.717, 1.165) is 0 Å². The Bertz CT molecular complexity index is 452. The van der Waals surface area contributed by atoms with Crippen molar-refractivity contribution < 1.29 is 22.8 Å². The third kappa shape index (κ3) is 6.66. The molecule has 0 saturated heterocycles. The standard InChI is InChI=1S/C11H10Cl2F3NO2/c12-8-3-1-7(9(13)5-8)2-4-10(18)17-19-6-11(14,15)16/h1,3,5H,2,4,6H2,(H,17,18). The van der Waals surface area contributed by atoms with Crippen molar-refractivity contribution >= 4 is 29.1 Å². The second-order valence-corrected chi connectivity index (χ2v) is 4.51. The molecule has 106 valence electrons. The summed E-state index contributed by atoms with van der Waals surface area (Å²) in [5.41, 5.74) is 2.39. The monoisotopic (exact) mass is 315 g/mol. The van der Waals surface area contributed by atoms with Gasteiger partial charge in [-0.2, -0.15) is 13.2 Å². The van der Waals surface area contributed by atoms with E-state index in [2.05, 4.69) is 4.84 Å². The van der Waals surface area contributed by atoms with Gasteiger partial charge in [0.15, 0.2) is 6.61 Å². The molecular formula is C11H10Cl2F3NO2. The summed E-state index contributed by atoms with van der Waals surface area (Å²) in [4.78, 5) is 15.2. The normalized spacial score (nSPS) is 11.4. The molecule has 1 aromatic carbocycles. The third-order valence-electron chi connectivity index (χ3n) is 2.06. The van der Waals surface area contributed by atoms with Crippen molar-refractivity contribution in [2.75, 3.05) is 6.61 Å². The molecule has 0 spiro atoms. The molecule has 1 N–H and O–H groups in total. The molecule has 1 aromatic rings. The Balaban J connectivity index is 2.34. The van der Waals surface area contributed by atoms with Gasteiger partial charge in [0.25, 0.3) is 0 Å². The molecule has 0 unspecified atom stereocenters. The van der Waals surface area contributed by atoms with Crippen LogP contribution in [-0.4, -0.2) is 18.7 Å². The van der Waals surface area contributed by atoms with Crippen molar-refractivity contribution in [3.63, 3.8) is 0 Å². The van der Waals surface area contributed by atoms with Crippen LogP contribution in [-0.2, 0) is 16.1 Å². The van der Waals surface area contributed by atoms with Gasteiger partial charge in [-0.25, -0.2) is 5.48 Å². The summed E-state index contributed by atoms with van der Waals surface area (Å²) in [6, 6.07) is 4.78. The van der Waals surface area contributed by atoms with E-state index >= 15 is 0 Å². The van der Waals surface area contributed by atoms with Crippen LogP contribution in [0.2, 0.25) is 10.0 Å². The number of hydroxylamine groups is 1. The highest BCUT2D eigenvalue weighted by Crippen LogP contribution is 2.22. The van der Waals surface area contributed by atoms with Gasteiger partial charge in [-0.3, -0.25) is 9.63 Å². The Hall–Kier alpha value is -0.980. The van der Waals surface area contributed by atoms with E-state index in [1.807, 2.05) is 0 Å². The first-order chi connectivity index (χ1) is 8.78. The first kappa shape index (κ1) is 16.1. The van der Waals surface area contributed by atoms with Crippen LogP contribution in [0.4, 0.5) is 13.2 Å². The lowest BCUT2D eigenvalue weighted by Crippen LogP contribution is -2.29. The number of aryl methyl sites for hydroxylation is 1. The number of benzene rings is 1. The Morgan fingerprint density at radius 2 is 2.00 bits per heavy atom. The maximum Gasteiger partial charge on any atom is 0.414 e. The molecular weight excluding hydrogens is 306 g/mol. The zero-order valence-electron chi connectivity index (χ0n) is 9.56. The Morgan fingerprint density at radius 1 is 1.32 bits per heavy atom. The summed E-state index contributed by atoms with van der Waals surface area (Å²) in [5, 5.41) is 0.864. The van der Waals surface area contributed by atoms with Gasteiger partial charge in [0.2, 0.25) is 5.91 Å². The molecule has 0 aliphatic rings. The molecule has 1 amide bonds. The molecule has 19 heavy (non-hydrogen) atoms. The van der Waals surface area contributed by atoms with E-state index in [0.29, 0.717) is 15.6 Å². The van der Waals surface area contributed by atoms with Crippen molar-refractivity contribution in [1.82, 2.24) is 5.48 Å². The van der Waals surface area contributed by atoms with Crippen LogP contribution >= 0.6 is 23.2 Å². The van der Waals surface area contributed by atoms with Gasteiger partial charge in [0, 0.05) is 16.5 Å². The second kappa shape index (κ2) is 6.98. The smallest absolute Gasteiger partial charge is 0.273 e. The molecule has 0 aromatic heterocycles. The van der Waals surface area contributed by atoms with E-state index in [1.54, 1.807) is 17.6 Å². The maximum atomic E-state index is 11.7. The molecule has 0 saturated carbocycles. The lowest BCUT2D eigenvalue weighted by Gasteiger charge is -2.08. The van der Waals surface area contributed by atoms with Gasteiger partial charge in [0.05, 0.1) is 0 Å². The summed E-state index contributed by atoms with van der Waals surface area (Å²) >= 11 is 11.6. The van der Waals surface area contributed by atoms with E-state index in [4.69, 9.17) is 23.2 Å². The van der Waals surface area contributed by atoms with Gasteiger partial charge in [-0.05, 0) is 24.1 Å². The maximum absolute atomic E-state index is 11.7. The van der Waals surface area contributed by atoms with Crippen molar-refractivity contribution in [2.45, 2.75) is 19.0 Å². The van der Waals surface area contributed by atoms with Crippen molar-refractivity contribution in [2.24, 2.45) is 0 Å². The van der Waals surface area contributed by atoms with E-state index in [1.165, 1.54) is 6.07 Å². The molecule has 0 bridgehead atoms. The summed E-state index contributed by atoms with van der Waals surface area (Å²) in [7, 11) is 0. The number of amides is 1. The number of rotatable bonds is 5.